The molecule has 13 aromatic rings. The van der Waals surface area contributed by atoms with Gasteiger partial charge in [-0.25, -0.2) is 42.5 Å². The molecule has 0 unspecified atom stereocenters. The van der Waals surface area contributed by atoms with E-state index in [-0.39, 0.29) is 39.8 Å². The molecule has 502 valence electrons. The van der Waals surface area contributed by atoms with Crippen LogP contribution in [0.4, 0.5) is 5.69 Å². The number of hydrogen-bond donors (Lipinski definition) is 5. The zero-order valence-electron chi connectivity index (χ0n) is 55.2. The molecule has 0 saturated carbocycles. The molecule has 14 rings (SSSR count). The Balaban J connectivity index is 0.000000133. The maximum Gasteiger partial charge on any atom is 0.280 e. The van der Waals surface area contributed by atoms with Crippen molar-refractivity contribution in [1.82, 2.24) is 58.7 Å². The maximum absolute atomic E-state index is 12.3. The quantitative estimate of drug-likeness (QED) is 0.0601. The number of para-hydroxylation sites is 2. The van der Waals surface area contributed by atoms with Gasteiger partial charge in [-0.15, -0.1) is 0 Å². The zero-order valence-corrected chi connectivity index (χ0v) is 56.0. The van der Waals surface area contributed by atoms with Crippen LogP contribution in [0.5, 0.6) is 51.9 Å². The summed E-state index contributed by atoms with van der Waals surface area (Å²) in [6.45, 7) is 13.0. The largest absolute Gasteiger partial charge is 0.507 e. The SMILES string of the molecule is COc1ccc(Oc2ccc(-c3nc(C)c4nc(C)[nH]n34)cc2)cc1.COc1ccc(Oc2ccccc2-c2nc(-c3ccccc3O)[nH]c2C)cc1.Cc1[nH]n(CCOc2ccc(N3CCS(=O)(=O)CC3)cc2)c(=O)c1C.Cc1c(O)n(-c2ccccn2)n(-c2ccccn2)c1=O. The summed E-state index contributed by atoms with van der Waals surface area (Å²) in [6, 6.07) is 55.7. The number of anilines is 1. The molecular weight excluding hydrogens is 1270 g/mol. The minimum Gasteiger partial charge on any atom is -0.507 e. The van der Waals surface area contributed by atoms with E-state index in [4.69, 9.17) is 28.7 Å². The number of imidazole rings is 2. The average molecular weight is 1340 g/mol. The fraction of sp³-hybridized carbons (Fsp3) is 0.192. The van der Waals surface area contributed by atoms with Crippen LogP contribution in [-0.4, -0.2) is 123 Å². The molecule has 0 atom stereocenters. The molecule has 1 aliphatic heterocycles. The number of phenolic OH excluding ortho intramolecular Hbond substituents is 1. The molecule has 0 radical (unpaired) electrons. The van der Waals surface area contributed by atoms with Crippen molar-refractivity contribution in [2.24, 2.45) is 0 Å². The molecule has 25 heteroatoms. The van der Waals surface area contributed by atoms with E-state index in [9.17, 15) is 28.2 Å². The van der Waals surface area contributed by atoms with E-state index < -0.39 is 9.84 Å². The van der Waals surface area contributed by atoms with Crippen molar-refractivity contribution in [2.45, 2.75) is 48.1 Å². The second-order valence-corrected chi connectivity index (χ2v) is 25.0. The molecular formula is C73H73N13O11S. The van der Waals surface area contributed by atoms with Crippen LogP contribution < -0.4 is 39.7 Å². The average Bonchev–Trinajstić information content (AvgIpc) is 1.63. The normalized spacial score (nSPS) is 12.3. The number of benzene rings is 6. The topological polar surface area (TPSA) is 289 Å². The van der Waals surface area contributed by atoms with E-state index in [2.05, 4.69) is 40.0 Å². The Morgan fingerprint density at radius 1 is 0.541 bits per heavy atom. The second kappa shape index (κ2) is 30.1. The number of hydrogen-bond acceptors (Lipinski definition) is 17. The van der Waals surface area contributed by atoms with Crippen LogP contribution in [0, 0.1) is 41.5 Å². The van der Waals surface area contributed by atoms with Gasteiger partial charge in [0.1, 0.15) is 64.3 Å². The van der Waals surface area contributed by atoms with Gasteiger partial charge in [0.25, 0.3) is 11.1 Å². The lowest BCUT2D eigenvalue weighted by molar-refractivity contribution is 0.289. The predicted molar refractivity (Wildman–Crippen MR) is 375 cm³/mol. The molecule has 5 N–H and O–H groups in total. The monoisotopic (exact) mass is 1340 g/mol. The van der Waals surface area contributed by atoms with Crippen molar-refractivity contribution in [3.05, 3.63) is 249 Å². The van der Waals surface area contributed by atoms with Crippen molar-refractivity contribution < 1.29 is 42.3 Å². The molecule has 0 aliphatic carbocycles. The van der Waals surface area contributed by atoms with Crippen LogP contribution in [0.3, 0.4) is 0 Å². The highest BCUT2D eigenvalue weighted by Gasteiger charge is 2.23. The molecule has 7 aromatic heterocycles. The summed E-state index contributed by atoms with van der Waals surface area (Å²) in [5.41, 5.74) is 8.45. The molecule has 0 bridgehead atoms. The lowest BCUT2D eigenvalue weighted by Crippen LogP contribution is -2.40. The highest BCUT2D eigenvalue weighted by Crippen LogP contribution is 2.37. The number of aromatic amines is 3. The number of ether oxygens (including phenoxy) is 5. The number of aromatic hydroxyl groups is 2. The summed E-state index contributed by atoms with van der Waals surface area (Å²) in [7, 11) is 0.403. The molecule has 0 spiro atoms. The summed E-state index contributed by atoms with van der Waals surface area (Å²) in [6.07, 6.45) is 3.18. The first kappa shape index (κ1) is 67.3. The Labute approximate surface area is 564 Å². The number of nitrogens with one attached hydrogen (secondary N) is 3. The Bertz CT molecular complexity index is 5070. The molecule has 24 nitrogen and oxygen atoms in total. The van der Waals surface area contributed by atoms with Crippen LogP contribution >= 0.6 is 0 Å². The third kappa shape index (κ3) is 15.6. The molecule has 1 saturated heterocycles. The van der Waals surface area contributed by atoms with Crippen LogP contribution in [0.2, 0.25) is 0 Å². The second-order valence-electron chi connectivity index (χ2n) is 22.7. The Morgan fingerprint density at radius 2 is 1.09 bits per heavy atom. The van der Waals surface area contributed by atoms with Crippen molar-refractivity contribution >= 4 is 21.2 Å². The standard InChI is InChI=1S/C23H20N2O3.C19H18N4O2.C17H23N3O4S.C14H12N4O2/c1-15-22(25-23(24-15)18-7-3-5-9-20(18)26)19-8-4-6-10-21(19)28-17-13-11-16(27-2)12-14-17;1-12-18-21-13(2)22-23(18)19(20-12)14-4-6-16(7-5-14)25-17-10-8-15(24-3)9-11-17;1-13-14(2)18-20(17(13)21)7-10-24-16-5-3-15(4-6-16)19-8-11-25(22,23)12-9-19;1-10-13(19)17(11-6-2-4-8-15-11)18(14(10)20)12-7-3-5-9-16-12/h3-14,26H,1-2H3,(H,24,25);4-11H,1-3H3,(H,21,22);3-6,18H,7-12H2,1-2H3;2-9,19H,1H3. The van der Waals surface area contributed by atoms with Gasteiger partial charge in [-0.2, -0.15) is 9.36 Å². The first-order valence-corrected chi connectivity index (χ1v) is 33.1. The number of aryl methyl sites for hydroxylation is 4. The van der Waals surface area contributed by atoms with Gasteiger partial charge < -0.3 is 43.8 Å². The van der Waals surface area contributed by atoms with Crippen molar-refractivity contribution in [3.8, 4) is 97.5 Å². The number of nitrogens with zero attached hydrogens (tertiary/aromatic N) is 10. The number of aromatic nitrogens is 12. The number of phenols is 1. The highest BCUT2D eigenvalue weighted by atomic mass is 32.2. The third-order valence-electron chi connectivity index (χ3n) is 16.0. The van der Waals surface area contributed by atoms with E-state index in [1.807, 2.05) is 166 Å². The van der Waals surface area contributed by atoms with Crippen molar-refractivity contribution in [1.29, 1.82) is 0 Å². The van der Waals surface area contributed by atoms with Gasteiger partial charge in [-0.3, -0.25) is 19.8 Å². The van der Waals surface area contributed by atoms with Gasteiger partial charge in [0.2, 0.25) is 5.88 Å². The Morgan fingerprint density at radius 3 is 1.67 bits per heavy atom. The first-order chi connectivity index (χ1) is 47.3. The number of H-pyrrole nitrogens is 3. The fourth-order valence-corrected chi connectivity index (χ4v) is 11.8. The molecule has 8 heterocycles. The summed E-state index contributed by atoms with van der Waals surface area (Å²) in [5.74, 6) is 8.87. The Kier molecular flexibility index (Phi) is 20.7. The van der Waals surface area contributed by atoms with Crippen LogP contribution in [0.1, 0.15) is 34.0 Å². The summed E-state index contributed by atoms with van der Waals surface area (Å²) < 4.78 is 57.1. The van der Waals surface area contributed by atoms with Crippen LogP contribution in [0.15, 0.2) is 204 Å². The molecule has 0 amide bonds. The van der Waals surface area contributed by atoms with Crippen LogP contribution in [0.25, 0.3) is 51.3 Å². The lowest BCUT2D eigenvalue weighted by atomic mass is 10.1. The van der Waals surface area contributed by atoms with E-state index in [1.54, 1.807) is 93.7 Å². The van der Waals surface area contributed by atoms with Gasteiger partial charge in [0.05, 0.1) is 54.8 Å². The maximum atomic E-state index is 12.3. The molecule has 1 aliphatic rings. The predicted octanol–water partition coefficient (Wildman–Crippen LogP) is 12.2. The number of pyridine rings is 2. The number of sulfone groups is 1. The highest BCUT2D eigenvalue weighted by molar-refractivity contribution is 7.91. The van der Waals surface area contributed by atoms with Gasteiger partial charge >= 0.3 is 0 Å². The third-order valence-corrected chi connectivity index (χ3v) is 17.6. The summed E-state index contributed by atoms with van der Waals surface area (Å²) in [5, 5.41) is 26.6. The lowest BCUT2D eigenvalue weighted by Gasteiger charge is -2.28. The van der Waals surface area contributed by atoms with Crippen molar-refractivity contribution in [3.63, 3.8) is 0 Å². The minimum atomic E-state index is -2.87. The number of methoxy groups -OCH3 is 2. The molecule has 98 heavy (non-hydrogen) atoms. The van der Waals surface area contributed by atoms with E-state index in [0.29, 0.717) is 60.8 Å². The van der Waals surface area contributed by atoms with Crippen LogP contribution in [-0.2, 0) is 16.4 Å². The van der Waals surface area contributed by atoms with Gasteiger partial charge in [-0.05, 0) is 187 Å². The number of rotatable bonds is 16. The minimum absolute atomic E-state index is 0.0171. The molecule has 1 fully saturated rings. The van der Waals surface area contributed by atoms with Gasteiger partial charge in [0.15, 0.2) is 32.9 Å². The number of fused-ring (bicyclic) bond motifs is 1. The van der Waals surface area contributed by atoms with Crippen molar-refractivity contribution in [2.75, 3.05) is 50.3 Å². The van der Waals surface area contributed by atoms with E-state index in [1.165, 1.54) is 9.36 Å². The smallest absolute Gasteiger partial charge is 0.280 e. The molecule has 6 aromatic carbocycles. The summed E-state index contributed by atoms with van der Waals surface area (Å²) >= 11 is 0. The zero-order chi connectivity index (χ0) is 69.0. The summed E-state index contributed by atoms with van der Waals surface area (Å²) in [4.78, 5) is 51.7. The van der Waals surface area contributed by atoms with E-state index >= 15 is 0 Å². The Hall–Kier alpha value is -12.1. The fourth-order valence-electron chi connectivity index (χ4n) is 10.6. The van der Waals surface area contributed by atoms with E-state index in [0.717, 1.165) is 91.2 Å². The van der Waals surface area contributed by atoms with Gasteiger partial charge in [-0.1, -0.05) is 36.4 Å². The van der Waals surface area contributed by atoms with Gasteiger partial charge in [0, 0.05) is 59.2 Å². The first-order valence-electron chi connectivity index (χ1n) is 31.3.